The Morgan fingerprint density at radius 2 is 1.90 bits per heavy atom. The maximum absolute atomic E-state index is 13.1. The van der Waals surface area contributed by atoms with Crippen LogP contribution >= 0.6 is 0 Å². The lowest BCUT2D eigenvalue weighted by atomic mass is 9.97. The average Bonchev–Trinajstić information content (AvgIpc) is 2.80. The van der Waals surface area contributed by atoms with Crippen LogP contribution in [0.4, 0.5) is 16.0 Å². The summed E-state index contributed by atoms with van der Waals surface area (Å²) in [5.41, 5.74) is 2.40. The van der Waals surface area contributed by atoms with Crippen LogP contribution in [0.2, 0.25) is 0 Å². The average molecular weight is 406 g/mol. The van der Waals surface area contributed by atoms with Crippen molar-refractivity contribution < 1.29 is 13.9 Å². The normalized spacial score (nSPS) is 16.2. The van der Waals surface area contributed by atoms with E-state index < -0.39 is 0 Å². The van der Waals surface area contributed by atoms with Gasteiger partial charge in [0, 0.05) is 42.8 Å². The third-order valence-corrected chi connectivity index (χ3v) is 5.23. The maximum atomic E-state index is 13.1. The van der Waals surface area contributed by atoms with Crippen molar-refractivity contribution in [2.45, 2.75) is 12.8 Å². The Labute approximate surface area is 174 Å². The topological polar surface area (TPSA) is 67.3 Å². The van der Waals surface area contributed by atoms with Crippen LogP contribution in [0.1, 0.15) is 12.8 Å². The lowest BCUT2D eigenvalue weighted by Crippen LogP contribution is -2.41. The van der Waals surface area contributed by atoms with Crippen molar-refractivity contribution in [3.8, 4) is 16.9 Å². The Morgan fingerprint density at radius 1 is 1.13 bits per heavy atom. The second kappa shape index (κ2) is 8.90. The number of aromatic nitrogens is 2. The lowest BCUT2D eigenvalue weighted by Gasteiger charge is -2.32. The SMILES string of the molecule is COc1cccc(NC(=O)C2CCCN(c3ncc(-c4ccc(F)cc4)cn3)C2)c1. The molecule has 6 nitrogen and oxygen atoms in total. The number of piperidine rings is 1. The van der Waals surface area contributed by atoms with Gasteiger partial charge >= 0.3 is 0 Å². The second-order valence-corrected chi connectivity index (χ2v) is 7.29. The summed E-state index contributed by atoms with van der Waals surface area (Å²) in [4.78, 5) is 23.7. The first kappa shape index (κ1) is 19.8. The number of nitrogens with zero attached hydrogens (tertiary/aromatic N) is 3. The highest BCUT2D eigenvalue weighted by Gasteiger charge is 2.27. The predicted molar refractivity (Wildman–Crippen MR) is 114 cm³/mol. The standard InChI is InChI=1S/C23H23FN4O2/c1-30-21-6-2-5-20(12-21)27-22(29)17-4-3-11-28(15-17)23-25-13-18(14-26-23)16-7-9-19(24)10-8-16/h2,5-10,12-14,17H,3-4,11,15H2,1H3,(H,27,29). The molecule has 1 amide bonds. The zero-order valence-corrected chi connectivity index (χ0v) is 16.7. The third kappa shape index (κ3) is 4.56. The number of benzene rings is 2. The predicted octanol–water partition coefficient (Wildman–Crippen LogP) is 4.15. The van der Waals surface area contributed by atoms with Gasteiger partial charge in [-0.25, -0.2) is 14.4 Å². The molecule has 1 aliphatic heterocycles. The molecule has 30 heavy (non-hydrogen) atoms. The third-order valence-electron chi connectivity index (χ3n) is 5.23. The van der Waals surface area contributed by atoms with Crippen molar-refractivity contribution in [2.75, 3.05) is 30.4 Å². The van der Waals surface area contributed by atoms with Crippen LogP contribution in [0, 0.1) is 11.7 Å². The first-order chi connectivity index (χ1) is 14.6. The van der Waals surface area contributed by atoms with Crippen LogP contribution in [0.5, 0.6) is 5.75 Å². The van der Waals surface area contributed by atoms with Crippen molar-refractivity contribution in [3.63, 3.8) is 0 Å². The van der Waals surface area contributed by atoms with Gasteiger partial charge in [0.25, 0.3) is 0 Å². The molecule has 154 valence electrons. The number of rotatable bonds is 5. The Hall–Kier alpha value is -3.48. The second-order valence-electron chi connectivity index (χ2n) is 7.29. The fraction of sp³-hybridized carbons (Fsp3) is 0.261. The number of halogens is 1. The highest BCUT2D eigenvalue weighted by molar-refractivity contribution is 5.93. The van der Waals surface area contributed by atoms with Crippen LogP contribution in [0.3, 0.4) is 0 Å². The number of nitrogens with one attached hydrogen (secondary N) is 1. The van der Waals surface area contributed by atoms with E-state index in [1.165, 1.54) is 12.1 Å². The highest BCUT2D eigenvalue weighted by Crippen LogP contribution is 2.24. The van der Waals surface area contributed by atoms with Crippen molar-refractivity contribution in [1.82, 2.24) is 9.97 Å². The summed E-state index contributed by atoms with van der Waals surface area (Å²) in [7, 11) is 1.60. The summed E-state index contributed by atoms with van der Waals surface area (Å²) >= 11 is 0. The summed E-state index contributed by atoms with van der Waals surface area (Å²) in [6.07, 6.45) is 5.17. The minimum Gasteiger partial charge on any atom is -0.497 e. The Balaban J connectivity index is 1.41. The maximum Gasteiger partial charge on any atom is 0.229 e. The van der Waals surface area contributed by atoms with Gasteiger partial charge in [-0.1, -0.05) is 18.2 Å². The van der Waals surface area contributed by atoms with Crippen LogP contribution in [-0.2, 0) is 4.79 Å². The Kier molecular flexibility index (Phi) is 5.88. The first-order valence-electron chi connectivity index (χ1n) is 9.90. The van der Waals surface area contributed by atoms with Crippen LogP contribution in [0.15, 0.2) is 60.9 Å². The molecule has 3 aromatic rings. The highest BCUT2D eigenvalue weighted by atomic mass is 19.1. The Morgan fingerprint density at radius 3 is 2.63 bits per heavy atom. The molecule has 7 heteroatoms. The largest absolute Gasteiger partial charge is 0.497 e. The minimum absolute atomic E-state index is 0.0177. The molecule has 1 aliphatic rings. The van der Waals surface area contributed by atoms with Gasteiger partial charge in [-0.05, 0) is 42.7 Å². The lowest BCUT2D eigenvalue weighted by molar-refractivity contribution is -0.120. The van der Waals surface area contributed by atoms with E-state index in [-0.39, 0.29) is 17.6 Å². The van der Waals surface area contributed by atoms with Gasteiger partial charge in [-0.15, -0.1) is 0 Å². The summed E-state index contributed by atoms with van der Waals surface area (Å²) in [5.74, 6) is 0.858. The molecule has 1 aromatic heterocycles. The fourth-order valence-corrected chi connectivity index (χ4v) is 3.59. The zero-order chi connectivity index (χ0) is 20.9. The van der Waals surface area contributed by atoms with Gasteiger partial charge in [0.05, 0.1) is 13.0 Å². The summed E-state index contributed by atoms with van der Waals surface area (Å²) in [6, 6.07) is 13.6. The molecule has 0 saturated carbocycles. The van der Waals surface area contributed by atoms with Gasteiger partial charge in [0.2, 0.25) is 11.9 Å². The van der Waals surface area contributed by atoms with E-state index in [4.69, 9.17) is 4.74 Å². The smallest absolute Gasteiger partial charge is 0.229 e. The number of carbonyl (C=O) groups is 1. The van der Waals surface area contributed by atoms with Crippen LogP contribution < -0.4 is 15.0 Å². The molecule has 0 aliphatic carbocycles. The van der Waals surface area contributed by atoms with Crippen LogP contribution in [-0.4, -0.2) is 36.1 Å². The monoisotopic (exact) mass is 406 g/mol. The molecule has 1 unspecified atom stereocenters. The first-order valence-corrected chi connectivity index (χ1v) is 9.90. The number of carbonyl (C=O) groups excluding carboxylic acids is 1. The Bertz CT molecular complexity index is 1010. The fourth-order valence-electron chi connectivity index (χ4n) is 3.59. The molecule has 1 N–H and O–H groups in total. The van der Waals surface area contributed by atoms with Gasteiger partial charge in [0.15, 0.2) is 0 Å². The molecule has 1 saturated heterocycles. The number of methoxy groups -OCH3 is 1. The van der Waals surface area contributed by atoms with Crippen LogP contribution in [0.25, 0.3) is 11.1 Å². The molecule has 2 aromatic carbocycles. The molecule has 1 fully saturated rings. The van der Waals surface area contributed by atoms with Gasteiger partial charge in [-0.3, -0.25) is 4.79 Å². The number of anilines is 2. The number of hydrogen-bond donors (Lipinski definition) is 1. The summed E-state index contributed by atoms with van der Waals surface area (Å²) in [6.45, 7) is 1.37. The van der Waals surface area contributed by atoms with E-state index in [1.807, 2.05) is 23.1 Å². The molecule has 2 heterocycles. The zero-order valence-electron chi connectivity index (χ0n) is 16.7. The number of ether oxygens (including phenoxy) is 1. The van der Waals surface area contributed by atoms with Crippen molar-refractivity contribution in [2.24, 2.45) is 5.92 Å². The summed E-state index contributed by atoms with van der Waals surface area (Å²) in [5, 5.41) is 2.98. The molecular formula is C23H23FN4O2. The quantitative estimate of drug-likeness (QED) is 0.690. The van der Waals surface area contributed by atoms with E-state index in [0.29, 0.717) is 18.2 Å². The van der Waals surface area contributed by atoms with Gasteiger partial charge < -0.3 is 15.0 Å². The van der Waals surface area contributed by atoms with Crippen molar-refractivity contribution in [3.05, 3.63) is 66.7 Å². The van der Waals surface area contributed by atoms with Crippen molar-refractivity contribution >= 4 is 17.5 Å². The van der Waals surface area contributed by atoms with Gasteiger partial charge in [0.1, 0.15) is 11.6 Å². The molecule has 0 bridgehead atoms. The van der Waals surface area contributed by atoms with E-state index >= 15 is 0 Å². The summed E-state index contributed by atoms with van der Waals surface area (Å²) < 4.78 is 18.3. The minimum atomic E-state index is -0.275. The van der Waals surface area contributed by atoms with E-state index in [1.54, 1.807) is 37.7 Å². The molecule has 0 radical (unpaired) electrons. The molecule has 0 spiro atoms. The van der Waals surface area contributed by atoms with E-state index in [9.17, 15) is 9.18 Å². The van der Waals surface area contributed by atoms with E-state index in [2.05, 4.69) is 15.3 Å². The molecule has 4 rings (SSSR count). The molecule has 1 atom stereocenters. The van der Waals surface area contributed by atoms with Gasteiger partial charge in [-0.2, -0.15) is 0 Å². The van der Waals surface area contributed by atoms with Crippen molar-refractivity contribution in [1.29, 1.82) is 0 Å². The number of amides is 1. The molecular weight excluding hydrogens is 383 g/mol. The van der Waals surface area contributed by atoms with E-state index in [0.717, 1.165) is 36.2 Å². The number of hydrogen-bond acceptors (Lipinski definition) is 5.